The van der Waals surface area contributed by atoms with Crippen molar-refractivity contribution >= 4 is 39.3 Å². The summed E-state index contributed by atoms with van der Waals surface area (Å²) in [5.41, 5.74) is 2.25. The summed E-state index contributed by atoms with van der Waals surface area (Å²) >= 11 is 4.85. The monoisotopic (exact) mass is 584 g/mol. The molecule has 2 aromatic carbocycles. The third-order valence-electron chi connectivity index (χ3n) is 5.62. The molecule has 0 bridgehead atoms. The third-order valence-corrected chi connectivity index (χ3v) is 7.19. The van der Waals surface area contributed by atoms with Crippen LogP contribution in [0.3, 0.4) is 0 Å². The summed E-state index contributed by atoms with van der Waals surface area (Å²) in [5, 5.41) is 0. The van der Waals surface area contributed by atoms with Crippen LogP contribution in [0.2, 0.25) is 0 Å². The van der Waals surface area contributed by atoms with Gasteiger partial charge in [0.15, 0.2) is 16.3 Å². The molecule has 0 aliphatic carbocycles. The van der Waals surface area contributed by atoms with E-state index in [4.69, 9.17) is 14.2 Å². The molecule has 0 fully saturated rings. The summed E-state index contributed by atoms with van der Waals surface area (Å²) in [6, 6.07) is 12.6. The molecule has 0 N–H and O–H groups in total. The van der Waals surface area contributed by atoms with E-state index in [1.54, 1.807) is 31.4 Å². The highest BCUT2D eigenvalue weighted by Crippen LogP contribution is 2.37. The Labute approximate surface area is 227 Å². The number of thiazole rings is 1. The van der Waals surface area contributed by atoms with Crippen LogP contribution in [-0.4, -0.2) is 29.9 Å². The standard InChI is InChI=1S/C28H29BrN2O5S/c1-6-34-21-14-18(13-20(29)25(21)35-7-2)15-22-26(32)31-24(19-11-9-8-10-12-19)23(27(33)36-16(3)4)17(5)30-28(31)37-22/h8-16,24H,6-7H2,1-5H3. The first-order valence-electron chi connectivity index (χ1n) is 12.1. The second-order valence-electron chi connectivity index (χ2n) is 8.64. The fourth-order valence-corrected chi connectivity index (χ4v) is 5.80. The topological polar surface area (TPSA) is 79.1 Å². The van der Waals surface area contributed by atoms with Crippen molar-refractivity contribution in [2.45, 2.75) is 46.8 Å². The second-order valence-corrected chi connectivity index (χ2v) is 10.5. The lowest BCUT2D eigenvalue weighted by Gasteiger charge is -2.25. The predicted molar refractivity (Wildman–Crippen MR) is 148 cm³/mol. The number of benzene rings is 2. The lowest BCUT2D eigenvalue weighted by Crippen LogP contribution is -2.40. The van der Waals surface area contributed by atoms with Crippen LogP contribution in [0.25, 0.3) is 6.08 Å². The van der Waals surface area contributed by atoms with Crippen LogP contribution >= 0.6 is 27.3 Å². The summed E-state index contributed by atoms with van der Waals surface area (Å²) in [7, 11) is 0. The molecule has 0 saturated carbocycles. The van der Waals surface area contributed by atoms with Crippen LogP contribution in [0.4, 0.5) is 0 Å². The molecule has 3 aromatic rings. The normalized spacial score (nSPS) is 15.4. The first-order chi connectivity index (χ1) is 17.7. The van der Waals surface area contributed by atoms with Gasteiger partial charge in [0.1, 0.15) is 0 Å². The van der Waals surface area contributed by atoms with Crippen molar-refractivity contribution in [3.05, 3.63) is 89.0 Å². The molecule has 1 aliphatic rings. The highest BCUT2D eigenvalue weighted by molar-refractivity contribution is 9.10. The lowest BCUT2D eigenvalue weighted by molar-refractivity contribution is -0.143. The van der Waals surface area contributed by atoms with E-state index < -0.39 is 12.0 Å². The smallest absolute Gasteiger partial charge is 0.338 e. The van der Waals surface area contributed by atoms with E-state index in [0.717, 1.165) is 15.6 Å². The van der Waals surface area contributed by atoms with Crippen molar-refractivity contribution in [3.8, 4) is 11.5 Å². The van der Waals surface area contributed by atoms with E-state index in [2.05, 4.69) is 20.9 Å². The Morgan fingerprint density at radius 2 is 1.86 bits per heavy atom. The summed E-state index contributed by atoms with van der Waals surface area (Å²) in [5.74, 6) is 0.738. The molecular weight excluding hydrogens is 556 g/mol. The second kappa shape index (κ2) is 11.5. The third kappa shape index (κ3) is 5.57. The molecule has 4 rings (SSSR count). The Kier molecular flexibility index (Phi) is 8.34. The predicted octanol–water partition coefficient (Wildman–Crippen LogP) is 4.75. The van der Waals surface area contributed by atoms with E-state index in [0.29, 0.717) is 45.3 Å². The molecule has 1 atom stereocenters. The van der Waals surface area contributed by atoms with Crippen molar-refractivity contribution in [1.82, 2.24) is 4.57 Å². The maximum Gasteiger partial charge on any atom is 0.338 e. The average molecular weight is 586 g/mol. The van der Waals surface area contributed by atoms with Gasteiger partial charge in [0, 0.05) is 0 Å². The minimum Gasteiger partial charge on any atom is -0.490 e. The number of esters is 1. The molecule has 37 heavy (non-hydrogen) atoms. The number of rotatable bonds is 8. The quantitative estimate of drug-likeness (QED) is 0.357. The Morgan fingerprint density at radius 1 is 1.16 bits per heavy atom. The summed E-state index contributed by atoms with van der Waals surface area (Å²) in [6.07, 6.45) is 1.51. The Morgan fingerprint density at radius 3 is 2.51 bits per heavy atom. The van der Waals surface area contributed by atoms with E-state index in [1.807, 2.05) is 56.3 Å². The molecule has 194 valence electrons. The Balaban J connectivity index is 1.90. The van der Waals surface area contributed by atoms with Gasteiger partial charge >= 0.3 is 5.97 Å². The fraction of sp³-hybridized carbons (Fsp3) is 0.321. The molecule has 0 spiro atoms. The van der Waals surface area contributed by atoms with E-state index in [-0.39, 0.29) is 11.7 Å². The maximum absolute atomic E-state index is 13.8. The van der Waals surface area contributed by atoms with Gasteiger partial charge in [-0.25, -0.2) is 9.79 Å². The molecular formula is C28H29BrN2O5S. The summed E-state index contributed by atoms with van der Waals surface area (Å²) < 4.78 is 19.9. The number of aromatic nitrogens is 1. The molecule has 0 radical (unpaired) electrons. The number of nitrogens with zero attached hydrogens (tertiary/aromatic N) is 2. The van der Waals surface area contributed by atoms with Gasteiger partial charge in [0.05, 0.1) is 45.6 Å². The molecule has 1 aliphatic heterocycles. The van der Waals surface area contributed by atoms with Crippen molar-refractivity contribution in [2.75, 3.05) is 13.2 Å². The average Bonchev–Trinajstić information content (AvgIpc) is 3.15. The first kappa shape index (κ1) is 26.9. The van der Waals surface area contributed by atoms with Gasteiger partial charge in [-0.05, 0) is 79.9 Å². The zero-order valence-electron chi connectivity index (χ0n) is 21.4. The number of hydrogen-bond donors (Lipinski definition) is 0. The zero-order chi connectivity index (χ0) is 26.7. The molecule has 7 nitrogen and oxygen atoms in total. The van der Waals surface area contributed by atoms with Gasteiger partial charge in [-0.15, -0.1) is 0 Å². The molecule has 2 heterocycles. The minimum absolute atomic E-state index is 0.233. The lowest BCUT2D eigenvalue weighted by atomic mass is 9.96. The van der Waals surface area contributed by atoms with Crippen LogP contribution in [0.1, 0.15) is 51.8 Å². The van der Waals surface area contributed by atoms with Crippen LogP contribution in [0.15, 0.2) is 68.0 Å². The van der Waals surface area contributed by atoms with Gasteiger partial charge in [0.2, 0.25) is 0 Å². The highest BCUT2D eigenvalue weighted by Gasteiger charge is 2.33. The highest BCUT2D eigenvalue weighted by atomic mass is 79.9. The number of ether oxygens (including phenoxy) is 3. The van der Waals surface area contributed by atoms with Crippen molar-refractivity contribution in [2.24, 2.45) is 4.99 Å². The van der Waals surface area contributed by atoms with Gasteiger partial charge in [0.25, 0.3) is 5.56 Å². The largest absolute Gasteiger partial charge is 0.490 e. The fourth-order valence-electron chi connectivity index (χ4n) is 4.18. The first-order valence-corrected chi connectivity index (χ1v) is 13.7. The number of carbonyl (C=O) groups is 1. The number of allylic oxidation sites excluding steroid dienone is 1. The number of fused-ring (bicyclic) bond motifs is 1. The van der Waals surface area contributed by atoms with Gasteiger partial charge in [-0.2, -0.15) is 0 Å². The van der Waals surface area contributed by atoms with Crippen LogP contribution in [-0.2, 0) is 9.53 Å². The van der Waals surface area contributed by atoms with Gasteiger partial charge < -0.3 is 14.2 Å². The molecule has 0 saturated heterocycles. The SMILES string of the molecule is CCOc1cc(C=c2sc3n(c2=O)C(c2ccccc2)C(C(=O)OC(C)C)=C(C)N=3)cc(Br)c1OCC. The van der Waals surface area contributed by atoms with Crippen molar-refractivity contribution in [1.29, 1.82) is 0 Å². The number of carbonyl (C=O) groups excluding carboxylic acids is 1. The number of hydrogen-bond acceptors (Lipinski definition) is 7. The van der Waals surface area contributed by atoms with E-state index in [9.17, 15) is 9.59 Å². The zero-order valence-corrected chi connectivity index (χ0v) is 23.8. The van der Waals surface area contributed by atoms with Gasteiger partial charge in [-0.3, -0.25) is 9.36 Å². The van der Waals surface area contributed by atoms with Crippen LogP contribution in [0.5, 0.6) is 11.5 Å². The van der Waals surface area contributed by atoms with Crippen molar-refractivity contribution < 1.29 is 19.0 Å². The van der Waals surface area contributed by atoms with Crippen LogP contribution < -0.4 is 24.4 Å². The van der Waals surface area contributed by atoms with Crippen LogP contribution in [0, 0.1) is 0 Å². The molecule has 9 heteroatoms. The molecule has 0 amide bonds. The summed E-state index contributed by atoms with van der Waals surface area (Å²) in [6.45, 7) is 10.2. The van der Waals surface area contributed by atoms with Gasteiger partial charge in [-0.1, -0.05) is 41.7 Å². The Bertz CT molecular complexity index is 1520. The molecule has 1 unspecified atom stereocenters. The van der Waals surface area contributed by atoms with Crippen molar-refractivity contribution in [3.63, 3.8) is 0 Å². The van der Waals surface area contributed by atoms with E-state index >= 15 is 0 Å². The maximum atomic E-state index is 13.8. The minimum atomic E-state index is -0.642. The van der Waals surface area contributed by atoms with E-state index in [1.165, 1.54) is 11.3 Å². The Hall–Kier alpha value is -3.17. The summed E-state index contributed by atoms with van der Waals surface area (Å²) in [4.78, 5) is 32.1. The molecule has 1 aromatic heterocycles. The number of halogens is 1.